The first kappa shape index (κ1) is 17.2. The Balaban J connectivity index is 2.22. The smallest absolute Gasteiger partial charge is 0.224 e. The third kappa shape index (κ3) is 4.65. The molecular formula is C18H25N3O2. The van der Waals surface area contributed by atoms with Gasteiger partial charge in [-0.05, 0) is 18.4 Å². The number of rotatable bonds is 8. The zero-order valence-electron chi connectivity index (χ0n) is 14.2. The summed E-state index contributed by atoms with van der Waals surface area (Å²) in [5.41, 5.74) is 1.03. The SMILES string of the molecule is CCCN(CCC)C(=O)CC(c1ccccc1)c1nnc(C)o1. The van der Waals surface area contributed by atoms with Crippen LogP contribution in [0, 0.1) is 6.92 Å². The highest BCUT2D eigenvalue weighted by molar-refractivity contribution is 5.77. The van der Waals surface area contributed by atoms with E-state index in [9.17, 15) is 4.79 Å². The minimum atomic E-state index is -0.193. The Morgan fingerprint density at radius 2 is 1.78 bits per heavy atom. The van der Waals surface area contributed by atoms with Gasteiger partial charge >= 0.3 is 0 Å². The monoisotopic (exact) mass is 315 g/mol. The van der Waals surface area contributed by atoms with E-state index in [0.717, 1.165) is 31.5 Å². The molecule has 0 fully saturated rings. The molecule has 0 radical (unpaired) electrons. The minimum absolute atomic E-state index is 0.137. The fourth-order valence-corrected chi connectivity index (χ4v) is 2.69. The molecule has 2 aromatic rings. The van der Waals surface area contributed by atoms with Crippen LogP contribution in [-0.2, 0) is 4.79 Å². The Morgan fingerprint density at radius 3 is 2.30 bits per heavy atom. The van der Waals surface area contributed by atoms with E-state index < -0.39 is 0 Å². The van der Waals surface area contributed by atoms with E-state index in [4.69, 9.17) is 4.42 Å². The number of nitrogens with zero attached hydrogens (tertiary/aromatic N) is 3. The molecule has 0 bridgehead atoms. The van der Waals surface area contributed by atoms with E-state index in [1.165, 1.54) is 0 Å². The van der Waals surface area contributed by atoms with Gasteiger partial charge in [-0.3, -0.25) is 4.79 Å². The Morgan fingerprint density at radius 1 is 1.13 bits per heavy atom. The van der Waals surface area contributed by atoms with Gasteiger partial charge in [-0.1, -0.05) is 44.2 Å². The molecule has 0 aliphatic rings. The Hall–Kier alpha value is -2.17. The van der Waals surface area contributed by atoms with E-state index in [0.29, 0.717) is 18.2 Å². The molecule has 0 aliphatic heterocycles. The Bertz CT molecular complexity index is 604. The van der Waals surface area contributed by atoms with Gasteiger partial charge < -0.3 is 9.32 Å². The second kappa shape index (κ2) is 8.46. The lowest BCUT2D eigenvalue weighted by atomic mass is 9.95. The molecule has 1 amide bonds. The van der Waals surface area contributed by atoms with Gasteiger partial charge in [0.1, 0.15) is 0 Å². The maximum atomic E-state index is 12.7. The van der Waals surface area contributed by atoms with Crippen molar-refractivity contribution in [2.75, 3.05) is 13.1 Å². The van der Waals surface area contributed by atoms with Gasteiger partial charge in [0, 0.05) is 26.4 Å². The van der Waals surface area contributed by atoms with Crippen molar-refractivity contribution in [3.05, 3.63) is 47.7 Å². The van der Waals surface area contributed by atoms with Crippen LogP contribution >= 0.6 is 0 Å². The van der Waals surface area contributed by atoms with Crippen LogP contribution in [-0.4, -0.2) is 34.1 Å². The zero-order chi connectivity index (χ0) is 16.7. The highest BCUT2D eigenvalue weighted by Gasteiger charge is 2.25. The minimum Gasteiger partial charge on any atom is -0.425 e. The van der Waals surface area contributed by atoms with E-state index in [1.54, 1.807) is 6.92 Å². The second-order valence-corrected chi connectivity index (χ2v) is 5.71. The van der Waals surface area contributed by atoms with E-state index in [-0.39, 0.29) is 11.8 Å². The van der Waals surface area contributed by atoms with Gasteiger partial charge in [0.05, 0.1) is 5.92 Å². The number of amides is 1. The van der Waals surface area contributed by atoms with Crippen LogP contribution in [0.1, 0.15) is 56.4 Å². The molecule has 1 atom stereocenters. The summed E-state index contributed by atoms with van der Waals surface area (Å²) in [4.78, 5) is 14.7. The van der Waals surface area contributed by atoms with Crippen molar-refractivity contribution in [1.29, 1.82) is 0 Å². The Labute approximate surface area is 137 Å². The molecule has 2 rings (SSSR count). The molecule has 23 heavy (non-hydrogen) atoms. The summed E-state index contributed by atoms with van der Waals surface area (Å²) in [6.07, 6.45) is 2.27. The summed E-state index contributed by atoms with van der Waals surface area (Å²) in [5.74, 6) is 0.974. The third-order valence-electron chi connectivity index (χ3n) is 3.76. The van der Waals surface area contributed by atoms with Gasteiger partial charge in [0.25, 0.3) is 0 Å². The fourth-order valence-electron chi connectivity index (χ4n) is 2.69. The van der Waals surface area contributed by atoms with Gasteiger partial charge in [0.15, 0.2) is 0 Å². The van der Waals surface area contributed by atoms with Crippen molar-refractivity contribution in [1.82, 2.24) is 15.1 Å². The highest BCUT2D eigenvalue weighted by Crippen LogP contribution is 2.27. The number of aryl methyl sites for hydroxylation is 1. The van der Waals surface area contributed by atoms with Gasteiger partial charge in [-0.15, -0.1) is 10.2 Å². The number of carbonyl (C=O) groups excluding carboxylic acids is 1. The van der Waals surface area contributed by atoms with Crippen LogP contribution in [0.2, 0.25) is 0 Å². The summed E-state index contributed by atoms with van der Waals surface area (Å²) in [5, 5.41) is 8.06. The largest absolute Gasteiger partial charge is 0.425 e. The quantitative estimate of drug-likeness (QED) is 0.747. The third-order valence-corrected chi connectivity index (χ3v) is 3.76. The lowest BCUT2D eigenvalue weighted by Gasteiger charge is -2.23. The maximum absolute atomic E-state index is 12.7. The summed E-state index contributed by atoms with van der Waals surface area (Å²) < 4.78 is 5.61. The topological polar surface area (TPSA) is 59.2 Å². The highest BCUT2D eigenvalue weighted by atomic mass is 16.4. The predicted molar refractivity (Wildman–Crippen MR) is 89.1 cm³/mol. The van der Waals surface area contributed by atoms with Crippen molar-refractivity contribution in [2.24, 2.45) is 0 Å². The molecule has 1 aromatic carbocycles. The lowest BCUT2D eigenvalue weighted by molar-refractivity contribution is -0.131. The first-order valence-electron chi connectivity index (χ1n) is 8.28. The van der Waals surface area contributed by atoms with E-state index >= 15 is 0 Å². The predicted octanol–water partition coefficient (Wildman–Crippen LogP) is 3.55. The van der Waals surface area contributed by atoms with Crippen LogP contribution < -0.4 is 0 Å². The molecule has 0 spiro atoms. The maximum Gasteiger partial charge on any atom is 0.224 e. The molecule has 0 aliphatic carbocycles. The van der Waals surface area contributed by atoms with E-state index in [1.807, 2.05) is 35.2 Å². The molecule has 5 nitrogen and oxygen atoms in total. The standard InChI is InChI=1S/C18H25N3O2/c1-4-11-21(12-5-2)17(22)13-16(15-9-7-6-8-10-15)18-20-19-14(3)23-18/h6-10,16H,4-5,11-13H2,1-3H3. The average Bonchev–Trinajstić information content (AvgIpc) is 2.99. The summed E-state index contributed by atoms with van der Waals surface area (Å²) in [6.45, 7) is 7.52. The molecule has 1 heterocycles. The first-order valence-corrected chi connectivity index (χ1v) is 8.28. The fraction of sp³-hybridized carbons (Fsp3) is 0.500. The average molecular weight is 315 g/mol. The number of hydrogen-bond donors (Lipinski definition) is 0. The van der Waals surface area contributed by atoms with Crippen LogP contribution in [0.15, 0.2) is 34.7 Å². The number of carbonyl (C=O) groups is 1. The second-order valence-electron chi connectivity index (χ2n) is 5.71. The van der Waals surface area contributed by atoms with Crippen molar-refractivity contribution < 1.29 is 9.21 Å². The number of aromatic nitrogens is 2. The summed E-state index contributed by atoms with van der Waals surface area (Å²) in [7, 11) is 0. The molecule has 5 heteroatoms. The van der Waals surface area contributed by atoms with Crippen LogP contribution in [0.3, 0.4) is 0 Å². The molecule has 1 unspecified atom stereocenters. The Kier molecular flexibility index (Phi) is 6.32. The molecule has 1 aromatic heterocycles. The van der Waals surface area contributed by atoms with Crippen molar-refractivity contribution in [2.45, 2.75) is 46.0 Å². The van der Waals surface area contributed by atoms with E-state index in [2.05, 4.69) is 24.0 Å². The van der Waals surface area contributed by atoms with Crippen LogP contribution in [0.25, 0.3) is 0 Å². The van der Waals surface area contributed by atoms with Crippen LogP contribution in [0.5, 0.6) is 0 Å². The van der Waals surface area contributed by atoms with Gasteiger partial charge in [-0.25, -0.2) is 0 Å². The lowest BCUT2D eigenvalue weighted by Crippen LogP contribution is -2.33. The molecule has 0 saturated carbocycles. The normalized spacial score (nSPS) is 12.1. The van der Waals surface area contributed by atoms with Crippen molar-refractivity contribution in [3.8, 4) is 0 Å². The van der Waals surface area contributed by atoms with Gasteiger partial charge in [0.2, 0.25) is 17.7 Å². The first-order chi connectivity index (χ1) is 11.2. The molecule has 0 saturated heterocycles. The molecule has 0 N–H and O–H groups in total. The summed E-state index contributed by atoms with van der Waals surface area (Å²) in [6, 6.07) is 9.89. The van der Waals surface area contributed by atoms with Crippen molar-refractivity contribution in [3.63, 3.8) is 0 Å². The molecule has 124 valence electrons. The molecular weight excluding hydrogens is 290 g/mol. The van der Waals surface area contributed by atoms with Gasteiger partial charge in [-0.2, -0.15) is 0 Å². The zero-order valence-corrected chi connectivity index (χ0v) is 14.2. The summed E-state index contributed by atoms with van der Waals surface area (Å²) >= 11 is 0. The van der Waals surface area contributed by atoms with Crippen LogP contribution in [0.4, 0.5) is 0 Å². The number of benzene rings is 1. The van der Waals surface area contributed by atoms with Crippen molar-refractivity contribution >= 4 is 5.91 Å². The number of hydrogen-bond acceptors (Lipinski definition) is 4.